The molecule has 1 amide bonds. The monoisotopic (exact) mass is 1190 g/mol. The van der Waals surface area contributed by atoms with Gasteiger partial charge in [-0.05, 0) is 38.5 Å². The number of ether oxygens (including phenoxy) is 2. The number of nitrogens with one attached hydrogen (secondary N) is 1. The Labute approximate surface area is 519 Å². The van der Waals surface area contributed by atoms with Crippen LogP contribution < -0.4 is 5.32 Å². The van der Waals surface area contributed by atoms with E-state index in [1.54, 1.807) is 0 Å². The van der Waals surface area contributed by atoms with Crippen molar-refractivity contribution in [3.8, 4) is 0 Å². The largest absolute Gasteiger partial charge is 0.394 e. The predicted molar refractivity (Wildman–Crippen MR) is 353 cm³/mol. The summed E-state index contributed by atoms with van der Waals surface area (Å²) >= 11 is 0. The van der Waals surface area contributed by atoms with Crippen LogP contribution in [0, 0.1) is 0 Å². The summed E-state index contributed by atoms with van der Waals surface area (Å²) in [7, 11) is 0. The number of unbranched alkanes of at least 4 members (excludes halogenated alkanes) is 52. The summed E-state index contributed by atoms with van der Waals surface area (Å²) in [6.45, 7) is 3.53. The van der Waals surface area contributed by atoms with E-state index in [4.69, 9.17) is 9.47 Å². The van der Waals surface area contributed by atoms with Crippen molar-refractivity contribution in [3.05, 3.63) is 12.2 Å². The van der Waals surface area contributed by atoms with Crippen LogP contribution in [0.5, 0.6) is 0 Å². The quantitative estimate of drug-likeness (QED) is 0.0215. The highest BCUT2D eigenvalue weighted by Gasteiger charge is 2.44. The molecule has 8 N–H and O–H groups in total. The van der Waals surface area contributed by atoms with Gasteiger partial charge in [-0.25, -0.2) is 0 Å². The molecule has 11 heteroatoms. The summed E-state index contributed by atoms with van der Waals surface area (Å²) in [4.78, 5) is 13.3. The molecule has 500 valence electrons. The van der Waals surface area contributed by atoms with E-state index in [2.05, 4.69) is 31.3 Å². The van der Waals surface area contributed by atoms with Crippen molar-refractivity contribution in [3.63, 3.8) is 0 Å². The number of hydrogen-bond acceptors (Lipinski definition) is 10. The maximum absolute atomic E-state index is 13.3. The molecule has 1 heterocycles. The maximum atomic E-state index is 13.3. The SMILES string of the molecule is CCCCCCCCCCCCCC/C=C\CCCCCCCCCCCCCCCCC(O)C(=O)NC(COC1OC(CO)C(O)C(O)C1O)C(O)C(O)CCCCCCCCCCCCCCCCCCCCCCCCCCCCC. The minimum Gasteiger partial charge on any atom is -0.394 e. The van der Waals surface area contributed by atoms with Gasteiger partial charge in [0.1, 0.15) is 36.6 Å². The summed E-state index contributed by atoms with van der Waals surface area (Å²) in [5.41, 5.74) is 0. The van der Waals surface area contributed by atoms with Gasteiger partial charge >= 0.3 is 0 Å². The van der Waals surface area contributed by atoms with Gasteiger partial charge in [-0.1, -0.05) is 353 Å². The third kappa shape index (κ3) is 48.7. The van der Waals surface area contributed by atoms with E-state index >= 15 is 0 Å². The van der Waals surface area contributed by atoms with Gasteiger partial charge in [0, 0.05) is 0 Å². The minimum atomic E-state index is -1.66. The Balaban J connectivity index is 2.17. The molecule has 0 bridgehead atoms. The number of aliphatic hydroxyl groups excluding tert-OH is 7. The second-order valence-electron chi connectivity index (χ2n) is 26.4. The number of carbonyl (C=O) groups is 1. The Kier molecular flexibility index (Phi) is 59.7. The number of carbonyl (C=O) groups excluding carboxylic acids is 1. The molecule has 0 aromatic rings. The predicted octanol–water partition coefficient (Wildman–Crippen LogP) is 18.2. The van der Waals surface area contributed by atoms with Crippen LogP contribution in [0.1, 0.15) is 380 Å². The lowest BCUT2D eigenvalue weighted by atomic mass is 9.98. The first-order valence-electron chi connectivity index (χ1n) is 37.1. The molecule has 84 heavy (non-hydrogen) atoms. The van der Waals surface area contributed by atoms with E-state index in [1.807, 2.05) is 0 Å². The highest BCUT2D eigenvalue weighted by Crippen LogP contribution is 2.24. The van der Waals surface area contributed by atoms with E-state index in [0.717, 1.165) is 38.5 Å². The third-order valence-electron chi connectivity index (χ3n) is 18.3. The molecule has 9 atom stereocenters. The van der Waals surface area contributed by atoms with Crippen molar-refractivity contribution in [2.24, 2.45) is 0 Å². The van der Waals surface area contributed by atoms with Crippen molar-refractivity contribution in [1.82, 2.24) is 5.32 Å². The molecule has 11 nitrogen and oxygen atoms in total. The second kappa shape index (κ2) is 62.1. The number of amides is 1. The summed E-state index contributed by atoms with van der Waals surface area (Å²) in [6, 6.07) is -1.17. The van der Waals surface area contributed by atoms with Crippen LogP contribution in [0.2, 0.25) is 0 Å². The Morgan fingerprint density at radius 1 is 0.405 bits per heavy atom. The molecule has 1 aliphatic heterocycles. The van der Waals surface area contributed by atoms with Crippen LogP contribution in [0.25, 0.3) is 0 Å². The number of hydrogen-bond donors (Lipinski definition) is 8. The Morgan fingerprint density at radius 3 is 1.00 bits per heavy atom. The maximum Gasteiger partial charge on any atom is 0.249 e. The lowest BCUT2D eigenvalue weighted by Crippen LogP contribution is -2.60. The first kappa shape index (κ1) is 80.9. The van der Waals surface area contributed by atoms with Crippen molar-refractivity contribution < 1.29 is 50.0 Å². The fraction of sp³-hybridized carbons (Fsp3) is 0.959. The fourth-order valence-corrected chi connectivity index (χ4v) is 12.4. The van der Waals surface area contributed by atoms with Gasteiger partial charge in [0.25, 0.3) is 0 Å². The summed E-state index contributed by atoms with van der Waals surface area (Å²) in [6.07, 6.45) is 65.9. The molecule has 0 spiro atoms. The molecule has 1 fully saturated rings. The van der Waals surface area contributed by atoms with Crippen LogP contribution >= 0.6 is 0 Å². The van der Waals surface area contributed by atoms with Gasteiger partial charge in [0.2, 0.25) is 5.91 Å². The molecule has 0 aromatic carbocycles. The van der Waals surface area contributed by atoms with Crippen LogP contribution in [-0.4, -0.2) is 110 Å². The lowest BCUT2D eigenvalue weighted by Gasteiger charge is -2.40. The normalized spacial score (nSPS) is 18.9. The minimum absolute atomic E-state index is 0.264. The van der Waals surface area contributed by atoms with Crippen molar-refractivity contribution >= 4 is 5.91 Å². The number of allylic oxidation sites excluding steroid dienone is 2. The van der Waals surface area contributed by atoms with Gasteiger partial charge in [0.15, 0.2) is 6.29 Å². The zero-order valence-electron chi connectivity index (χ0n) is 55.4. The lowest BCUT2D eigenvalue weighted by molar-refractivity contribution is -0.303. The zero-order chi connectivity index (χ0) is 61.0. The van der Waals surface area contributed by atoms with Crippen LogP contribution in [0.3, 0.4) is 0 Å². The molecule has 1 aliphatic rings. The van der Waals surface area contributed by atoms with Crippen LogP contribution in [-0.2, 0) is 14.3 Å². The van der Waals surface area contributed by atoms with E-state index in [9.17, 15) is 40.5 Å². The molecule has 9 unspecified atom stereocenters. The molecule has 0 saturated carbocycles. The van der Waals surface area contributed by atoms with E-state index in [0.29, 0.717) is 19.3 Å². The van der Waals surface area contributed by atoms with E-state index in [1.165, 1.54) is 302 Å². The number of rotatable bonds is 66. The van der Waals surface area contributed by atoms with Gasteiger partial charge in [-0.15, -0.1) is 0 Å². The van der Waals surface area contributed by atoms with E-state index < -0.39 is 74.2 Å². The summed E-state index contributed by atoms with van der Waals surface area (Å²) in [5, 5.41) is 76.6. The summed E-state index contributed by atoms with van der Waals surface area (Å²) in [5.74, 6) is -0.688. The van der Waals surface area contributed by atoms with Crippen molar-refractivity contribution in [2.75, 3.05) is 13.2 Å². The molecule has 1 saturated heterocycles. The zero-order valence-corrected chi connectivity index (χ0v) is 55.4. The summed E-state index contributed by atoms with van der Waals surface area (Å²) < 4.78 is 11.2. The van der Waals surface area contributed by atoms with Gasteiger partial charge in [-0.2, -0.15) is 0 Å². The second-order valence-corrected chi connectivity index (χ2v) is 26.4. The van der Waals surface area contributed by atoms with Crippen molar-refractivity contribution in [1.29, 1.82) is 0 Å². The highest BCUT2D eigenvalue weighted by molar-refractivity contribution is 5.80. The Bertz CT molecular complexity index is 1370. The Morgan fingerprint density at radius 2 is 0.690 bits per heavy atom. The highest BCUT2D eigenvalue weighted by atomic mass is 16.7. The third-order valence-corrected chi connectivity index (χ3v) is 18.3. The average Bonchev–Trinajstić information content (AvgIpc) is 3.66. The van der Waals surface area contributed by atoms with Crippen LogP contribution in [0.15, 0.2) is 12.2 Å². The standard InChI is InChI=1S/C73H143NO10/c1-3-5-7-9-11-13-15-17-19-21-23-25-27-29-31-32-33-35-37-39-41-43-45-47-49-51-53-55-57-59-61-66(77)72(82)74-64(63-83-73-71(81)70(80)69(79)67(62-75)84-73)68(78)65(76)60-58-56-54-52-50-48-46-44-42-40-38-36-34-30-28-26-24-22-20-18-16-14-12-10-8-6-4-2/h29,31,64-71,73,75-81H,3-28,30,32-63H2,1-2H3,(H,74,82)/b31-29-. The first-order chi connectivity index (χ1) is 41.2. The Hall–Kier alpha value is -1.15. The average molecular weight is 1190 g/mol. The van der Waals surface area contributed by atoms with E-state index in [-0.39, 0.29) is 6.42 Å². The van der Waals surface area contributed by atoms with Crippen LogP contribution in [0.4, 0.5) is 0 Å². The fourth-order valence-electron chi connectivity index (χ4n) is 12.4. The molecule has 0 radical (unpaired) electrons. The number of aliphatic hydroxyl groups is 7. The molecule has 0 aromatic heterocycles. The van der Waals surface area contributed by atoms with Gasteiger partial charge in [-0.3, -0.25) is 4.79 Å². The smallest absolute Gasteiger partial charge is 0.249 e. The topological polar surface area (TPSA) is 189 Å². The molecule has 1 rings (SSSR count). The molecule has 0 aliphatic carbocycles. The van der Waals surface area contributed by atoms with Gasteiger partial charge < -0.3 is 50.5 Å². The molecular weight excluding hydrogens is 1050 g/mol. The first-order valence-corrected chi connectivity index (χ1v) is 37.1. The van der Waals surface area contributed by atoms with Crippen molar-refractivity contribution in [2.45, 2.75) is 435 Å². The molecular formula is C73H143NO10. The van der Waals surface area contributed by atoms with Gasteiger partial charge in [0.05, 0.1) is 25.4 Å².